The maximum Gasteiger partial charge on any atom is 0.365 e. The fourth-order valence-corrected chi connectivity index (χ4v) is 1.10. The third-order valence-corrected chi connectivity index (χ3v) is 1.84. The molecule has 0 N–H and O–H groups in total. The lowest BCUT2D eigenvalue weighted by atomic mass is 10.3. The summed E-state index contributed by atoms with van der Waals surface area (Å²) in [5.41, 5.74) is 0.304. The van der Waals surface area contributed by atoms with Crippen molar-refractivity contribution in [2.24, 2.45) is 7.05 Å². The average molecular weight is 195 g/mol. The van der Waals surface area contributed by atoms with Crippen LogP contribution in [0, 0.1) is 5.95 Å². The van der Waals surface area contributed by atoms with E-state index in [2.05, 4.69) is 0 Å². The Morgan fingerprint density at radius 2 is 2.18 bits per heavy atom. The summed E-state index contributed by atoms with van der Waals surface area (Å²) in [6, 6.07) is 3.25. The lowest BCUT2D eigenvalue weighted by Gasteiger charge is -1.98. The standard InChI is InChI=1S/C7H7Cl2FN/c1-11-4-2-3-5(6(8)9)7(11)10/h2-4,6H,1H3/q+1. The summed E-state index contributed by atoms with van der Waals surface area (Å²) >= 11 is 11.0. The third kappa shape index (κ3) is 1.82. The Kier molecular flexibility index (Phi) is 2.68. The molecular formula is C7H7Cl2FN+. The normalized spacial score (nSPS) is 10.6. The smallest absolute Gasteiger partial charge is 0.176 e. The summed E-state index contributed by atoms with van der Waals surface area (Å²) in [4.78, 5) is -0.803. The molecule has 0 radical (unpaired) electrons. The molecule has 0 saturated carbocycles. The molecular weight excluding hydrogens is 188 g/mol. The molecule has 0 fully saturated rings. The molecule has 1 heterocycles. The van der Waals surface area contributed by atoms with Crippen molar-refractivity contribution in [2.45, 2.75) is 4.84 Å². The molecule has 0 aliphatic heterocycles. The minimum atomic E-state index is -0.803. The van der Waals surface area contributed by atoms with Crippen molar-refractivity contribution >= 4 is 23.2 Å². The summed E-state index contributed by atoms with van der Waals surface area (Å²) in [5.74, 6) is -0.400. The first kappa shape index (κ1) is 8.75. The molecule has 1 nitrogen and oxygen atoms in total. The molecule has 11 heavy (non-hydrogen) atoms. The predicted molar refractivity (Wildman–Crippen MR) is 42.0 cm³/mol. The first-order chi connectivity index (χ1) is 5.13. The Morgan fingerprint density at radius 3 is 2.64 bits per heavy atom. The molecule has 0 unspecified atom stereocenters. The first-order valence-corrected chi connectivity index (χ1v) is 3.92. The number of hydrogen-bond donors (Lipinski definition) is 0. The van der Waals surface area contributed by atoms with E-state index in [0.29, 0.717) is 5.56 Å². The van der Waals surface area contributed by atoms with Crippen molar-refractivity contribution < 1.29 is 8.96 Å². The highest BCUT2D eigenvalue weighted by molar-refractivity contribution is 6.44. The monoisotopic (exact) mass is 194 g/mol. The van der Waals surface area contributed by atoms with E-state index in [4.69, 9.17) is 23.2 Å². The van der Waals surface area contributed by atoms with E-state index in [0.717, 1.165) is 0 Å². The zero-order chi connectivity index (χ0) is 8.43. The van der Waals surface area contributed by atoms with Crippen molar-refractivity contribution in [1.29, 1.82) is 0 Å². The van der Waals surface area contributed by atoms with Crippen molar-refractivity contribution in [3.63, 3.8) is 0 Å². The van der Waals surface area contributed by atoms with Crippen LogP contribution in [0.3, 0.4) is 0 Å². The van der Waals surface area contributed by atoms with Gasteiger partial charge in [-0.1, -0.05) is 23.2 Å². The van der Waals surface area contributed by atoms with Crippen LogP contribution in [0.25, 0.3) is 0 Å². The van der Waals surface area contributed by atoms with E-state index < -0.39 is 10.8 Å². The molecule has 0 amide bonds. The van der Waals surface area contributed by atoms with Gasteiger partial charge in [-0.3, -0.25) is 0 Å². The van der Waals surface area contributed by atoms with Gasteiger partial charge in [-0.25, -0.2) is 0 Å². The summed E-state index contributed by atoms with van der Waals surface area (Å²) in [6.07, 6.45) is 1.59. The van der Waals surface area contributed by atoms with Crippen LogP contribution in [0.15, 0.2) is 18.3 Å². The third-order valence-electron chi connectivity index (χ3n) is 1.37. The van der Waals surface area contributed by atoms with Gasteiger partial charge in [0.15, 0.2) is 6.20 Å². The van der Waals surface area contributed by atoms with E-state index in [1.165, 1.54) is 4.57 Å². The SMILES string of the molecule is C[n+]1cccc(C(Cl)Cl)c1F. The van der Waals surface area contributed by atoms with Gasteiger partial charge in [-0.15, -0.1) is 4.39 Å². The van der Waals surface area contributed by atoms with Gasteiger partial charge >= 0.3 is 5.95 Å². The van der Waals surface area contributed by atoms with Crippen molar-refractivity contribution in [2.75, 3.05) is 0 Å². The van der Waals surface area contributed by atoms with Gasteiger partial charge in [0.05, 0.1) is 5.56 Å². The number of hydrogen-bond acceptors (Lipinski definition) is 0. The van der Waals surface area contributed by atoms with Gasteiger partial charge < -0.3 is 0 Å². The molecule has 0 aliphatic rings. The van der Waals surface area contributed by atoms with Crippen LogP contribution in [0.1, 0.15) is 10.4 Å². The van der Waals surface area contributed by atoms with Gasteiger partial charge in [-0.05, 0) is 6.07 Å². The quantitative estimate of drug-likeness (QED) is 0.367. The Balaban J connectivity index is 3.17. The zero-order valence-electron chi connectivity index (χ0n) is 5.89. The van der Waals surface area contributed by atoms with Gasteiger partial charge in [0.1, 0.15) is 11.9 Å². The molecule has 0 bridgehead atoms. The van der Waals surface area contributed by atoms with E-state index in [1.54, 1.807) is 25.4 Å². The topological polar surface area (TPSA) is 3.88 Å². The van der Waals surface area contributed by atoms with E-state index >= 15 is 0 Å². The molecule has 0 aliphatic carbocycles. The number of aryl methyl sites for hydroxylation is 1. The fourth-order valence-electron chi connectivity index (χ4n) is 0.776. The average Bonchev–Trinajstić information content (AvgIpc) is 1.94. The maximum absolute atomic E-state index is 13.0. The fraction of sp³-hybridized carbons (Fsp3) is 0.286. The molecule has 1 aromatic heterocycles. The highest BCUT2D eigenvalue weighted by atomic mass is 35.5. The van der Waals surface area contributed by atoms with Crippen LogP contribution in [-0.2, 0) is 7.05 Å². The predicted octanol–water partition coefficient (Wildman–Crippen LogP) is 2.13. The number of rotatable bonds is 1. The number of aromatic nitrogens is 1. The van der Waals surface area contributed by atoms with Crippen LogP contribution < -0.4 is 4.57 Å². The molecule has 1 rings (SSSR count). The highest BCUT2D eigenvalue weighted by Crippen LogP contribution is 2.24. The van der Waals surface area contributed by atoms with Crippen LogP contribution in [-0.4, -0.2) is 0 Å². The molecule has 1 aromatic rings. The highest BCUT2D eigenvalue weighted by Gasteiger charge is 2.16. The number of pyridine rings is 1. The summed E-state index contributed by atoms with van der Waals surface area (Å²) in [5, 5.41) is 0. The molecule has 60 valence electrons. The number of nitrogens with zero attached hydrogens (tertiary/aromatic N) is 1. The van der Waals surface area contributed by atoms with Gasteiger partial charge in [-0.2, -0.15) is 4.57 Å². The second-order valence-electron chi connectivity index (χ2n) is 2.17. The summed E-state index contributed by atoms with van der Waals surface area (Å²) in [7, 11) is 1.59. The Morgan fingerprint density at radius 1 is 1.55 bits per heavy atom. The largest absolute Gasteiger partial charge is 0.365 e. The van der Waals surface area contributed by atoms with Crippen molar-refractivity contribution in [3.05, 3.63) is 29.8 Å². The summed E-state index contributed by atoms with van der Waals surface area (Å²) < 4.78 is 14.4. The van der Waals surface area contributed by atoms with Crippen LogP contribution in [0.2, 0.25) is 0 Å². The van der Waals surface area contributed by atoms with Crippen molar-refractivity contribution in [3.8, 4) is 0 Å². The minimum Gasteiger partial charge on any atom is -0.176 e. The number of alkyl halides is 2. The minimum absolute atomic E-state index is 0.304. The molecule has 0 saturated heterocycles. The maximum atomic E-state index is 13.0. The second-order valence-corrected chi connectivity index (χ2v) is 3.26. The molecule has 0 atom stereocenters. The van der Waals surface area contributed by atoms with Gasteiger partial charge in [0.2, 0.25) is 0 Å². The molecule has 0 spiro atoms. The number of halogens is 3. The first-order valence-electron chi connectivity index (χ1n) is 3.05. The molecule has 0 aromatic carbocycles. The Bertz CT molecular complexity index is 263. The van der Waals surface area contributed by atoms with Crippen molar-refractivity contribution in [1.82, 2.24) is 0 Å². The van der Waals surface area contributed by atoms with Crippen LogP contribution >= 0.6 is 23.2 Å². The summed E-state index contributed by atoms with van der Waals surface area (Å²) in [6.45, 7) is 0. The Labute approximate surface area is 74.4 Å². The van der Waals surface area contributed by atoms with E-state index in [-0.39, 0.29) is 0 Å². The zero-order valence-corrected chi connectivity index (χ0v) is 7.40. The van der Waals surface area contributed by atoms with E-state index in [1.807, 2.05) is 0 Å². The second kappa shape index (κ2) is 3.37. The van der Waals surface area contributed by atoms with Crippen LogP contribution in [0.5, 0.6) is 0 Å². The lowest BCUT2D eigenvalue weighted by Crippen LogP contribution is -2.33. The van der Waals surface area contributed by atoms with Gasteiger partial charge in [0, 0.05) is 6.07 Å². The van der Waals surface area contributed by atoms with Crippen LogP contribution in [0.4, 0.5) is 4.39 Å². The lowest BCUT2D eigenvalue weighted by molar-refractivity contribution is -0.700. The van der Waals surface area contributed by atoms with E-state index in [9.17, 15) is 4.39 Å². The molecule has 4 heteroatoms. The van der Waals surface area contributed by atoms with Gasteiger partial charge in [0.25, 0.3) is 0 Å². The Hall–Kier alpha value is -0.340.